The number of ether oxygens (including phenoxy) is 1. The smallest absolute Gasteiger partial charge is 0.255 e. The van der Waals surface area contributed by atoms with E-state index in [9.17, 15) is 14.9 Å². The van der Waals surface area contributed by atoms with E-state index in [1.54, 1.807) is 24.3 Å². The summed E-state index contributed by atoms with van der Waals surface area (Å²) in [5, 5.41) is 15.3. The van der Waals surface area contributed by atoms with E-state index in [2.05, 4.69) is 21.7 Å². The first-order chi connectivity index (χ1) is 17.9. The number of nitrogens with zero attached hydrogens (tertiary/aromatic N) is 3. The molecule has 4 aromatic rings. The van der Waals surface area contributed by atoms with Crippen molar-refractivity contribution in [2.45, 2.75) is 31.1 Å². The van der Waals surface area contributed by atoms with Crippen molar-refractivity contribution >= 4 is 34.5 Å². The van der Waals surface area contributed by atoms with Crippen LogP contribution in [-0.4, -0.2) is 21.4 Å². The second-order valence-corrected chi connectivity index (χ2v) is 9.77. The molecule has 0 atom stereocenters. The quantitative estimate of drug-likeness (QED) is 0.354. The van der Waals surface area contributed by atoms with Crippen LogP contribution in [0.1, 0.15) is 41.6 Å². The molecule has 3 aromatic carbocycles. The Kier molecular flexibility index (Phi) is 5.41. The lowest BCUT2D eigenvalue weighted by Crippen LogP contribution is -2.16. The van der Waals surface area contributed by atoms with Crippen molar-refractivity contribution < 1.29 is 14.3 Å². The number of rotatable bonds is 7. The molecule has 37 heavy (non-hydrogen) atoms. The van der Waals surface area contributed by atoms with Crippen LogP contribution < -0.4 is 15.4 Å². The molecule has 0 radical (unpaired) electrons. The molecular formula is C29H25N5O3. The van der Waals surface area contributed by atoms with E-state index >= 15 is 0 Å². The zero-order valence-electron chi connectivity index (χ0n) is 20.3. The maximum atomic E-state index is 12.9. The predicted octanol–water partition coefficient (Wildman–Crippen LogP) is 5.52. The first-order valence-corrected chi connectivity index (χ1v) is 12.3. The average Bonchev–Trinajstić information content (AvgIpc) is 3.83. The van der Waals surface area contributed by atoms with E-state index in [1.807, 2.05) is 54.1 Å². The van der Waals surface area contributed by atoms with Gasteiger partial charge in [-0.2, -0.15) is 5.26 Å². The molecule has 0 unspecified atom stereocenters. The molecule has 2 amide bonds. The van der Waals surface area contributed by atoms with Crippen molar-refractivity contribution in [3.63, 3.8) is 0 Å². The van der Waals surface area contributed by atoms with Gasteiger partial charge in [0.15, 0.2) is 0 Å². The minimum absolute atomic E-state index is 0.0116. The van der Waals surface area contributed by atoms with Gasteiger partial charge in [0.2, 0.25) is 11.9 Å². The zero-order chi connectivity index (χ0) is 25.6. The molecule has 0 spiro atoms. The van der Waals surface area contributed by atoms with Crippen LogP contribution in [0.2, 0.25) is 0 Å². The number of imidazole rings is 1. The molecule has 2 saturated carbocycles. The van der Waals surface area contributed by atoms with Crippen molar-refractivity contribution in [1.29, 1.82) is 5.26 Å². The number of fused-ring (bicyclic) bond motifs is 1. The molecule has 2 fully saturated rings. The first-order valence-electron chi connectivity index (χ1n) is 12.3. The van der Waals surface area contributed by atoms with Crippen LogP contribution in [0, 0.1) is 17.2 Å². The van der Waals surface area contributed by atoms with Crippen molar-refractivity contribution in [1.82, 2.24) is 9.55 Å². The Labute approximate surface area is 213 Å². The van der Waals surface area contributed by atoms with Crippen LogP contribution in [0.25, 0.3) is 11.0 Å². The average molecular weight is 492 g/mol. The molecule has 0 aliphatic heterocycles. The lowest BCUT2D eigenvalue weighted by Gasteiger charge is -2.11. The van der Waals surface area contributed by atoms with E-state index in [-0.39, 0.29) is 17.7 Å². The lowest BCUT2D eigenvalue weighted by molar-refractivity contribution is -0.117. The Morgan fingerprint density at radius 1 is 1.03 bits per heavy atom. The van der Waals surface area contributed by atoms with Crippen LogP contribution in [0.3, 0.4) is 0 Å². The number of benzene rings is 3. The standard InChI is InChI=1S/C29H25N5O3/c1-34-25-16-23(10-11-24(25)32-28(34)33-26(35)18-8-9-18)37-22-7-3-6-21(15-22)31-27(36)19-4-2-5-20(14-19)29(17-30)12-13-29/h2-7,10-11,14-16,18H,8-9,12-13H2,1H3,(H,31,36)(H,32,33,35). The van der Waals surface area contributed by atoms with Crippen LogP contribution >= 0.6 is 0 Å². The summed E-state index contributed by atoms with van der Waals surface area (Å²) >= 11 is 0. The third-order valence-corrected chi connectivity index (χ3v) is 7.00. The fourth-order valence-corrected chi connectivity index (χ4v) is 4.43. The zero-order valence-corrected chi connectivity index (χ0v) is 20.3. The Hall–Kier alpha value is -4.64. The molecular weight excluding hydrogens is 466 g/mol. The third-order valence-electron chi connectivity index (χ3n) is 7.00. The van der Waals surface area contributed by atoms with E-state index in [1.165, 1.54) is 0 Å². The Morgan fingerprint density at radius 3 is 2.57 bits per heavy atom. The summed E-state index contributed by atoms with van der Waals surface area (Å²) in [7, 11) is 1.86. The highest BCUT2D eigenvalue weighted by atomic mass is 16.5. The second kappa shape index (κ2) is 8.79. The van der Waals surface area contributed by atoms with Crippen LogP contribution in [0.5, 0.6) is 11.5 Å². The summed E-state index contributed by atoms with van der Waals surface area (Å²) in [6, 6.07) is 22.4. The molecule has 8 heteroatoms. The predicted molar refractivity (Wildman–Crippen MR) is 140 cm³/mol. The Bertz CT molecular complexity index is 1590. The van der Waals surface area contributed by atoms with Gasteiger partial charge in [0.1, 0.15) is 11.5 Å². The van der Waals surface area contributed by atoms with E-state index < -0.39 is 5.41 Å². The number of nitrogens with one attached hydrogen (secondary N) is 2. The normalized spacial score (nSPS) is 15.6. The minimum atomic E-state index is -0.442. The fourth-order valence-electron chi connectivity index (χ4n) is 4.43. The molecule has 6 rings (SSSR count). The van der Waals surface area contributed by atoms with Gasteiger partial charge in [-0.1, -0.05) is 18.2 Å². The maximum Gasteiger partial charge on any atom is 0.255 e. The van der Waals surface area contributed by atoms with Gasteiger partial charge in [0, 0.05) is 36.3 Å². The molecule has 184 valence electrons. The Morgan fingerprint density at radius 2 is 1.81 bits per heavy atom. The molecule has 1 aromatic heterocycles. The minimum Gasteiger partial charge on any atom is -0.457 e. The van der Waals surface area contributed by atoms with E-state index in [0.717, 1.165) is 42.3 Å². The number of aryl methyl sites for hydroxylation is 1. The van der Waals surface area contributed by atoms with Gasteiger partial charge in [0.05, 0.1) is 22.5 Å². The number of anilines is 2. The number of nitriles is 1. The number of aromatic nitrogens is 2. The molecule has 2 N–H and O–H groups in total. The third kappa shape index (κ3) is 4.52. The molecule has 0 saturated heterocycles. The molecule has 2 aliphatic rings. The number of hydrogen-bond donors (Lipinski definition) is 2. The second-order valence-electron chi connectivity index (χ2n) is 9.77. The summed E-state index contributed by atoms with van der Waals surface area (Å²) in [6.07, 6.45) is 3.52. The van der Waals surface area contributed by atoms with Crippen molar-refractivity contribution in [3.8, 4) is 17.6 Å². The van der Waals surface area contributed by atoms with Crippen molar-refractivity contribution in [2.75, 3.05) is 10.6 Å². The number of carbonyl (C=O) groups is 2. The SMILES string of the molecule is Cn1c(NC(=O)C2CC2)nc2ccc(Oc3cccc(NC(=O)c4cccc(C5(C#N)CC5)c4)c3)cc21. The number of carbonyl (C=O) groups excluding carboxylic acids is 2. The van der Waals surface area contributed by atoms with E-state index in [0.29, 0.717) is 28.7 Å². The topological polar surface area (TPSA) is 109 Å². The van der Waals surface area contributed by atoms with Gasteiger partial charge in [-0.05, 0) is 67.6 Å². The van der Waals surface area contributed by atoms with Gasteiger partial charge in [-0.25, -0.2) is 4.98 Å². The summed E-state index contributed by atoms with van der Waals surface area (Å²) in [6.45, 7) is 0. The highest BCUT2D eigenvalue weighted by Gasteiger charge is 2.45. The molecule has 1 heterocycles. The molecule has 2 aliphatic carbocycles. The van der Waals surface area contributed by atoms with Crippen LogP contribution in [0.15, 0.2) is 66.7 Å². The Balaban J connectivity index is 1.17. The van der Waals surface area contributed by atoms with Gasteiger partial charge in [-0.15, -0.1) is 0 Å². The van der Waals surface area contributed by atoms with Crippen LogP contribution in [0.4, 0.5) is 11.6 Å². The summed E-state index contributed by atoms with van der Waals surface area (Å²) < 4.78 is 7.92. The van der Waals surface area contributed by atoms with E-state index in [4.69, 9.17) is 4.74 Å². The highest BCUT2D eigenvalue weighted by molar-refractivity contribution is 6.04. The largest absolute Gasteiger partial charge is 0.457 e. The first kappa shape index (κ1) is 22.8. The van der Waals surface area contributed by atoms with Gasteiger partial charge >= 0.3 is 0 Å². The maximum absolute atomic E-state index is 12.9. The number of hydrogen-bond acceptors (Lipinski definition) is 5. The summed E-state index contributed by atoms with van der Waals surface area (Å²) in [4.78, 5) is 29.6. The number of amides is 2. The molecule has 0 bridgehead atoms. The van der Waals surface area contributed by atoms with Crippen LogP contribution in [-0.2, 0) is 17.3 Å². The van der Waals surface area contributed by atoms with Crippen molar-refractivity contribution in [2.24, 2.45) is 13.0 Å². The molecule has 8 nitrogen and oxygen atoms in total. The monoisotopic (exact) mass is 491 g/mol. The van der Waals surface area contributed by atoms with Gasteiger partial charge in [0.25, 0.3) is 5.91 Å². The lowest BCUT2D eigenvalue weighted by atomic mass is 9.96. The highest BCUT2D eigenvalue weighted by Crippen LogP contribution is 2.47. The van der Waals surface area contributed by atoms with Crippen molar-refractivity contribution in [3.05, 3.63) is 77.9 Å². The van der Waals surface area contributed by atoms with Gasteiger partial charge < -0.3 is 14.6 Å². The summed E-state index contributed by atoms with van der Waals surface area (Å²) in [5.74, 6) is 1.56. The summed E-state index contributed by atoms with van der Waals surface area (Å²) in [5.41, 5.74) is 3.15. The fraction of sp³-hybridized carbons (Fsp3) is 0.241. The van der Waals surface area contributed by atoms with Gasteiger partial charge in [-0.3, -0.25) is 14.9 Å².